The van der Waals surface area contributed by atoms with Gasteiger partial charge in [-0.3, -0.25) is 4.79 Å². The molecule has 0 aliphatic carbocycles. The summed E-state index contributed by atoms with van der Waals surface area (Å²) in [5.41, 5.74) is 3.10. The van der Waals surface area contributed by atoms with Gasteiger partial charge in [-0.15, -0.1) is 0 Å². The zero-order valence-electron chi connectivity index (χ0n) is 9.39. The summed E-state index contributed by atoms with van der Waals surface area (Å²) in [5, 5.41) is 3.05. The molecule has 0 radical (unpaired) electrons. The fourth-order valence-corrected chi connectivity index (χ4v) is 2.31. The fraction of sp³-hybridized carbons (Fsp3) is 0.133. The molecule has 0 saturated heterocycles. The highest BCUT2D eigenvalue weighted by atomic mass is 16.1. The smallest absolute Gasteiger partial charge is 0.252 e. The summed E-state index contributed by atoms with van der Waals surface area (Å²) in [6.07, 6.45) is 0.867. The second kappa shape index (κ2) is 4.06. The predicted molar refractivity (Wildman–Crippen MR) is 66.8 cm³/mol. The molecule has 2 aromatic carbocycles. The van der Waals surface area contributed by atoms with E-state index in [1.165, 1.54) is 0 Å². The Labute approximate surface area is 100 Å². The summed E-state index contributed by atoms with van der Waals surface area (Å²) < 4.78 is 0. The molecule has 0 spiro atoms. The Kier molecular flexibility index (Phi) is 2.41. The van der Waals surface area contributed by atoms with E-state index in [9.17, 15) is 4.79 Å². The van der Waals surface area contributed by atoms with E-state index >= 15 is 0 Å². The van der Waals surface area contributed by atoms with Crippen molar-refractivity contribution < 1.29 is 4.79 Å². The SMILES string of the molecule is O=C1N[C@@H](c2ccccc2)Cc2ccccc21. The molecule has 1 heterocycles. The Hall–Kier alpha value is -2.09. The van der Waals surface area contributed by atoms with E-state index in [0.29, 0.717) is 0 Å². The molecule has 1 aliphatic heterocycles. The van der Waals surface area contributed by atoms with Crippen molar-refractivity contribution in [3.05, 3.63) is 71.3 Å². The number of rotatable bonds is 1. The number of hydrogen-bond acceptors (Lipinski definition) is 1. The summed E-state index contributed by atoms with van der Waals surface area (Å²) in [4.78, 5) is 12.0. The molecule has 0 aromatic heterocycles. The number of fused-ring (bicyclic) bond motifs is 1. The molecule has 17 heavy (non-hydrogen) atoms. The Balaban J connectivity index is 1.97. The molecule has 1 N–H and O–H groups in total. The van der Waals surface area contributed by atoms with Crippen molar-refractivity contribution in [3.63, 3.8) is 0 Å². The van der Waals surface area contributed by atoms with Crippen LogP contribution in [0.15, 0.2) is 54.6 Å². The average Bonchev–Trinajstić information content (AvgIpc) is 2.40. The van der Waals surface area contributed by atoms with Gasteiger partial charge in [0, 0.05) is 5.56 Å². The molecule has 0 saturated carbocycles. The number of carbonyl (C=O) groups excluding carboxylic acids is 1. The normalized spacial score (nSPS) is 18.4. The molecule has 0 unspecified atom stereocenters. The third kappa shape index (κ3) is 1.82. The van der Waals surface area contributed by atoms with Gasteiger partial charge in [-0.1, -0.05) is 48.5 Å². The van der Waals surface area contributed by atoms with Crippen LogP contribution in [0.3, 0.4) is 0 Å². The van der Waals surface area contributed by atoms with Crippen LogP contribution >= 0.6 is 0 Å². The first kappa shape index (κ1) is 10.1. The lowest BCUT2D eigenvalue weighted by Gasteiger charge is -2.25. The second-order valence-electron chi connectivity index (χ2n) is 4.30. The minimum atomic E-state index is 0.0284. The highest BCUT2D eigenvalue weighted by molar-refractivity contribution is 5.97. The van der Waals surface area contributed by atoms with Gasteiger partial charge in [0.1, 0.15) is 0 Å². The molecule has 84 valence electrons. The summed E-state index contributed by atoms with van der Waals surface area (Å²) in [5.74, 6) is 0.0284. The van der Waals surface area contributed by atoms with E-state index in [-0.39, 0.29) is 11.9 Å². The van der Waals surface area contributed by atoms with E-state index in [4.69, 9.17) is 0 Å². The number of benzene rings is 2. The molecule has 3 rings (SSSR count). The van der Waals surface area contributed by atoms with Crippen LogP contribution in [0.2, 0.25) is 0 Å². The molecule has 2 aromatic rings. The Morgan fingerprint density at radius 1 is 0.941 bits per heavy atom. The maximum Gasteiger partial charge on any atom is 0.252 e. The van der Waals surface area contributed by atoms with E-state index in [2.05, 4.69) is 17.4 Å². The topological polar surface area (TPSA) is 29.1 Å². The number of hydrogen-bond donors (Lipinski definition) is 1. The summed E-state index contributed by atoms with van der Waals surface area (Å²) in [7, 11) is 0. The third-order valence-corrected chi connectivity index (χ3v) is 3.19. The fourth-order valence-electron chi connectivity index (χ4n) is 2.31. The van der Waals surface area contributed by atoms with E-state index in [0.717, 1.165) is 23.1 Å². The summed E-state index contributed by atoms with van der Waals surface area (Å²) >= 11 is 0. The number of amides is 1. The standard InChI is InChI=1S/C15H13NO/c17-15-13-9-5-4-8-12(13)10-14(16-15)11-6-2-1-3-7-11/h1-9,14H,10H2,(H,16,17)/t14-/m1/s1. The lowest BCUT2D eigenvalue weighted by Crippen LogP contribution is -2.35. The highest BCUT2D eigenvalue weighted by Crippen LogP contribution is 2.25. The predicted octanol–water partition coefficient (Wildman–Crippen LogP) is 2.71. The lowest BCUT2D eigenvalue weighted by molar-refractivity contribution is 0.0925. The third-order valence-electron chi connectivity index (χ3n) is 3.19. The average molecular weight is 223 g/mol. The molecule has 1 aliphatic rings. The van der Waals surface area contributed by atoms with Crippen LogP contribution in [0, 0.1) is 0 Å². The Bertz CT molecular complexity index is 548. The van der Waals surface area contributed by atoms with Gasteiger partial charge >= 0.3 is 0 Å². The van der Waals surface area contributed by atoms with Crippen LogP contribution in [-0.2, 0) is 6.42 Å². The van der Waals surface area contributed by atoms with Gasteiger partial charge in [-0.25, -0.2) is 0 Å². The monoisotopic (exact) mass is 223 g/mol. The van der Waals surface area contributed by atoms with Crippen molar-refractivity contribution in [2.45, 2.75) is 12.5 Å². The minimum absolute atomic E-state index is 0.0284. The van der Waals surface area contributed by atoms with Gasteiger partial charge in [0.05, 0.1) is 6.04 Å². The van der Waals surface area contributed by atoms with Crippen LogP contribution in [-0.4, -0.2) is 5.91 Å². The Morgan fingerprint density at radius 3 is 2.47 bits per heavy atom. The number of carbonyl (C=O) groups is 1. The molecule has 1 atom stereocenters. The zero-order chi connectivity index (χ0) is 11.7. The molecule has 2 heteroatoms. The van der Waals surface area contributed by atoms with Crippen molar-refractivity contribution in [1.82, 2.24) is 5.32 Å². The lowest BCUT2D eigenvalue weighted by atomic mass is 9.91. The molecule has 0 bridgehead atoms. The maximum atomic E-state index is 12.0. The molecular weight excluding hydrogens is 210 g/mol. The van der Waals surface area contributed by atoms with Crippen LogP contribution < -0.4 is 5.32 Å². The van der Waals surface area contributed by atoms with Gasteiger partial charge in [-0.2, -0.15) is 0 Å². The van der Waals surface area contributed by atoms with Crippen molar-refractivity contribution >= 4 is 5.91 Å². The van der Waals surface area contributed by atoms with Gasteiger partial charge in [0.15, 0.2) is 0 Å². The molecule has 0 fully saturated rings. The first-order chi connectivity index (χ1) is 8.34. The van der Waals surface area contributed by atoms with Crippen molar-refractivity contribution in [2.24, 2.45) is 0 Å². The van der Waals surface area contributed by atoms with Crippen molar-refractivity contribution in [2.75, 3.05) is 0 Å². The minimum Gasteiger partial charge on any atom is -0.345 e. The van der Waals surface area contributed by atoms with Crippen molar-refractivity contribution in [3.8, 4) is 0 Å². The van der Waals surface area contributed by atoms with Crippen LogP contribution in [0.5, 0.6) is 0 Å². The van der Waals surface area contributed by atoms with Crippen LogP contribution in [0.4, 0.5) is 0 Å². The summed E-state index contributed by atoms with van der Waals surface area (Å²) in [6, 6.07) is 18.0. The maximum absolute atomic E-state index is 12.0. The van der Waals surface area contributed by atoms with Crippen LogP contribution in [0.25, 0.3) is 0 Å². The molecule has 1 amide bonds. The van der Waals surface area contributed by atoms with E-state index in [1.54, 1.807) is 0 Å². The largest absolute Gasteiger partial charge is 0.345 e. The van der Waals surface area contributed by atoms with Crippen molar-refractivity contribution in [1.29, 1.82) is 0 Å². The van der Waals surface area contributed by atoms with E-state index < -0.39 is 0 Å². The summed E-state index contributed by atoms with van der Waals surface area (Å²) in [6.45, 7) is 0. The van der Waals surface area contributed by atoms with Gasteiger partial charge in [0.2, 0.25) is 0 Å². The quantitative estimate of drug-likeness (QED) is 0.791. The zero-order valence-corrected chi connectivity index (χ0v) is 9.39. The van der Waals surface area contributed by atoms with Gasteiger partial charge in [-0.05, 0) is 23.6 Å². The van der Waals surface area contributed by atoms with Gasteiger partial charge in [0.25, 0.3) is 5.91 Å². The second-order valence-corrected chi connectivity index (χ2v) is 4.30. The number of nitrogens with one attached hydrogen (secondary N) is 1. The highest BCUT2D eigenvalue weighted by Gasteiger charge is 2.24. The first-order valence-corrected chi connectivity index (χ1v) is 5.78. The van der Waals surface area contributed by atoms with Gasteiger partial charge < -0.3 is 5.32 Å². The first-order valence-electron chi connectivity index (χ1n) is 5.78. The Morgan fingerprint density at radius 2 is 1.65 bits per heavy atom. The molecule has 2 nitrogen and oxygen atoms in total. The van der Waals surface area contributed by atoms with Crippen LogP contribution in [0.1, 0.15) is 27.5 Å². The molecular formula is C15H13NO. The van der Waals surface area contributed by atoms with E-state index in [1.807, 2.05) is 42.5 Å².